The van der Waals surface area contributed by atoms with Gasteiger partial charge in [-0.2, -0.15) is 0 Å². The molecule has 1 N–H and O–H groups in total. The van der Waals surface area contributed by atoms with Crippen LogP contribution in [0.5, 0.6) is 0 Å². The molecule has 0 spiro atoms. The summed E-state index contributed by atoms with van der Waals surface area (Å²) in [7, 11) is 0. The molecule has 1 heterocycles. The van der Waals surface area contributed by atoms with Crippen molar-refractivity contribution in [2.45, 2.75) is 59.4 Å². The van der Waals surface area contributed by atoms with Crippen LogP contribution < -0.4 is 5.32 Å². The Labute approximate surface area is 145 Å². The van der Waals surface area contributed by atoms with E-state index in [1.807, 2.05) is 26.0 Å². The summed E-state index contributed by atoms with van der Waals surface area (Å²) in [6.07, 6.45) is 3.37. The number of amides is 1. The lowest BCUT2D eigenvalue weighted by Crippen LogP contribution is -2.45. The standard InChI is InChI=1S/C20H30N2O2/c1-5-8-15(2)20(23)21-11-18-9-6-7-10-19(18)14-22-12-16(3)24-17(4)13-22/h6-10,16-17H,5,11-14H2,1-4H3,(H,21,23)/b15-8-/t16-,17-/m0/s1. The predicted octanol–water partition coefficient (Wildman–Crippen LogP) is 3.27. The molecular weight excluding hydrogens is 300 g/mol. The Kier molecular flexibility index (Phi) is 7.00. The molecule has 1 aromatic rings. The summed E-state index contributed by atoms with van der Waals surface area (Å²) in [5.41, 5.74) is 3.24. The molecule has 0 aliphatic carbocycles. The highest BCUT2D eigenvalue weighted by molar-refractivity contribution is 5.92. The van der Waals surface area contributed by atoms with Crippen LogP contribution >= 0.6 is 0 Å². The zero-order chi connectivity index (χ0) is 17.5. The van der Waals surface area contributed by atoms with E-state index in [4.69, 9.17) is 4.74 Å². The van der Waals surface area contributed by atoms with Crippen LogP contribution in [0.2, 0.25) is 0 Å². The number of hydrogen-bond acceptors (Lipinski definition) is 3. The molecular formula is C20H30N2O2. The Morgan fingerprint density at radius 3 is 2.50 bits per heavy atom. The van der Waals surface area contributed by atoms with Crippen LogP contribution in [0, 0.1) is 0 Å². The number of nitrogens with one attached hydrogen (secondary N) is 1. The van der Waals surface area contributed by atoms with Crippen molar-refractivity contribution in [2.75, 3.05) is 13.1 Å². The summed E-state index contributed by atoms with van der Waals surface area (Å²) in [5.74, 6) is 0.0141. The minimum Gasteiger partial charge on any atom is -0.373 e. The summed E-state index contributed by atoms with van der Waals surface area (Å²) in [5, 5.41) is 3.03. The number of allylic oxidation sites excluding steroid dienone is 1. The van der Waals surface area contributed by atoms with Crippen LogP contribution in [-0.4, -0.2) is 36.1 Å². The monoisotopic (exact) mass is 330 g/mol. The summed E-state index contributed by atoms with van der Waals surface area (Å²) >= 11 is 0. The third kappa shape index (κ3) is 5.46. The molecule has 4 heteroatoms. The van der Waals surface area contributed by atoms with E-state index in [0.717, 1.165) is 31.6 Å². The number of ether oxygens (including phenoxy) is 1. The maximum atomic E-state index is 12.1. The van der Waals surface area contributed by atoms with Crippen LogP contribution in [0.3, 0.4) is 0 Å². The molecule has 2 atom stereocenters. The summed E-state index contributed by atoms with van der Waals surface area (Å²) in [6, 6.07) is 8.35. The molecule has 1 aromatic carbocycles. The third-order valence-electron chi connectivity index (χ3n) is 4.32. The predicted molar refractivity (Wildman–Crippen MR) is 97.6 cm³/mol. The molecule has 132 valence electrons. The van der Waals surface area contributed by atoms with Crippen molar-refractivity contribution in [1.29, 1.82) is 0 Å². The maximum Gasteiger partial charge on any atom is 0.246 e. The third-order valence-corrected chi connectivity index (χ3v) is 4.32. The number of carbonyl (C=O) groups excluding carboxylic acids is 1. The van der Waals surface area contributed by atoms with E-state index in [2.05, 4.69) is 42.3 Å². The van der Waals surface area contributed by atoms with Crippen molar-refractivity contribution in [3.05, 3.63) is 47.0 Å². The molecule has 0 bridgehead atoms. The van der Waals surface area contributed by atoms with Gasteiger partial charge in [0.05, 0.1) is 12.2 Å². The quantitative estimate of drug-likeness (QED) is 0.814. The van der Waals surface area contributed by atoms with E-state index in [0.29, 0.717) is 6.54 Å². The van der Waals surface area contributed by atoms with Crippen molar-refractivity contribution in [2.24, 2.45) is 0 Å². The normalized spacial score (nSPS) is 22.4. The lowest BCUT2D eigenvalue weighted by molar-refractivity contribution is -0.117. The van der Waals surface area contributed by atoms with Gasteiger partial charge in [0.15, 0.2) is 0 Å². The first-order valence-electron chi connectivity index (χ1n) is 8.89. The van der Waals surface area contributed by atoms with Crippen LogP contribution in [0.4, 0.5) is 0 Å². The highest BCUT2D eigenvalue weighted by Crippen LogP contribution is 2.17. The van der Waals surface area contributed by atoms with Crippen LogP contribution in [0.15, 0.2) is 35.9 Å². The molecule has 4 nitrogen and oxygen atoms in total. The molecule has 0 unspecified atom stereocenters. The van der Waals surface area contributed by atoms with Crippen molar-refractivity contribution >= 4 is 5.91 Å². The molecule has 1 aliphatic heterocycles. The number of hydrogen-bond donors (Lipinski definition) is 1. The van der Waals surface area contributed by atoms with Crippen molar-refractivity contribution in [3.8, 4) is 0 Å². The number of nitrogens with zero attached hydrogens (tertiary/aromatic N) is 1. The highest BCUT2D eigenvalue weighted by Gasteiger charge is 2.22. The average Bonchev–Trinajstić information content (AvgIpc) is 2.53. The Balaban J connectivity index is 1.99. The van der Waals surface area contributed by atoms with Gasteiger partial charge >= 0.3 is 0 Å². The van der Waals surface area contributed by atoms with Crippen molar-refractivity contribution in [3.63, 3.8) is 0 Å². The van der Waals surface area contributed by atoms with Gasteiger partial charge in [0, 0.05) is 31.8 Å². The molecule has 2 rings (SSSR count). The van der Waals surface area contributed by atoms with Gasteiger partial charge < -0.3 is 10.1 Å². The highest BCUT2D eigenvalue weighted by atomic mass is 16.5. The summed E-state index contributed by atoms with van der Waals surface area (Å²) < 4.78 is 5.81. The molecule has 1 saturated heterocycles. The van der Waals surface area contributed by atoms with E-state index in [1.165, 1.54) is 11.1 Å². The molecule has 1 fully saturated rings. The van der Waals surface area contributed by atoms with Gasteiger partial charge in [0.25, 0.3) is 0 Å². The van der Waals surface area contributed by atoms with Gasteiger partial charge in [-0.25, -0.2) is 0 Å². The Morgan fingerprint density at radius 2 is 1.88 bits per heavy atom. The molecule has 24 heavy (non-hydrogen) atoms. The molecule has 1 aliphatic rings. The first-order valence-corrected chi connectivity index (χ1v) is 8.89. The molecule has 0 aromatic heterocycles. The fourth-order valence-corrected chi connectivity index (χ4v) is 3.25. The van der Waals surface area contributed by atoms with Crippen molar-refractivity contribution < 1.29 is 9.53 Å². The number of morpholine rings is 1. The lowest BCUT2D eigenvalue weighted by atomic mass is 10.1. The Hall–Kier alpha value is -1.65. The van der Waals surface area contributed by atoms with Gasteiger partial charge in [-0.1, -0.05) is 37.3 Å². The topological polar surface area (TPSA) is 41.6 Å². The van der Waals surface area contributed by atoms with Crippen LogP contribution in [0.1, 0.15) is 45.2 Å². The summed E-state index contributed by atoms with van der Waals surface area (Å²) in [6.45, 7) is 11.5. The number of rotatable bonds is 6. The summed E-state index contributed by atoms with van der Waals surface area (Å²) in [4.78, 5) is 14.5. The number of benzene rings is 1. The first-order chi connectivity index (χ1) is 11.5. The van der Waals surface area contributed by atoms with Gasteiger partial charge in [-0.15, -0.1) is 0 Å². The molecule has 1 amide bonds. The van der Waals surface area contributed by atoms with Crippen LogP contribution in [-0.2, 0) is 22.6 Å². The Morgan fingerprint density at radius 1 is 1.25 bits per heavy atom. The second-order valence-corrected chi connectivity index (χ2v) is 6.70. The minimum absolute atomic E-state index is 0.0141. The Bertz CT molecular complexity index is 573. The second-order valence-electron chi connectivity index (χ2n) is 6.70. The average molecular weight is 330 g/mol. The van der Waals surface area contributed by atoms with E-state index < -0.39 is 0 Å². The fourth-order valence-electron chi connectivity index (χ4n) is 3.25. The molecule has 0 saturated carbocycles. The van der Waals surface area contributed by atoms with Gasteiger partial charge in [0.2, 0.25) is 5.91 Å². The smallest absolute Gasteiger partial charge is 0.246 e. The van der Waals surface area contributed by atoms with E-state index >= 15 is 0 Å². The van der Waals surface area contributed by atoms with Gasteiger partial charge in [0.1, 0.15) is 0 Å². The zero-order valence-corrected chi connectivity index (χ0v) is 15.3. The fraction of sp³-hybridized carbons (Fsp3) is 0.550. The number of carbonyl (C=O) groups is 1. The van der Waals surface area contributed by atoms with Crippen LogP contribution in [0.25, 0.3) is 0 Å². The molecule has 0 radical (unpaired) electrons. The van der Waals surface area contributed by atoms with E-state index in [-0.39, 0.29) is 18.1 Å². The van der Waals surface area contributed by atoms with Gasteiger partial charge in [-0.3, -0.25) is 9.69 Å². The SMILES string of the molecule is CC/C=C(/C)C(=O)NCc1ccccc1CN1C[C@H](C)O[C@@H](C)C1. The second kappa shape index (κ2) is 9.00. The van der Waals surface area contributed by atoms with Gasteiger partial charge in [-0.05, 0) is 38.3 Å². The zero-order valence-electron chi connectivity index (χ0n) is 15.3. The minimum atomic E-state index is 0.0141. The van der Waals surface area contributed by atoms with Crippen molar-refractivity contribution in [1.82, 2.24) is 10.2 Å². The van der Waals surface area contributed by atoms with E-state index in [1.54, 1.807) is 0 Å². The van der Waals surface area contributed by atoms with E-state index in [9.17, 15) is 4.79 Å². The lowest BCUT2D eigenvalue weighted by Gasteiger charge is -2.35. The first kappa shape index (κ1) is 18.7. The maximum absolute atomic E-state index is 12.1. The largest absolute Gasteiger partial charge is 0.373 e.